The summed E-state index contributed by atoms with van der Waals surface area (Å²) in [4.78, 5) is 16.4. The first kappa shape index (κ1) is 18.1. The number of halogens is 1. The van der Waals surface area contributed by atoms with Crippen LogP contribution < -0.4 is 4.90 Å². The number of nitrogens with zero attached hydrogens (tertiary/aromatic N) is 2. The van der Waals surface area contributed by atoms with E-state index < -0.39 is 0 Å². The van der Waals surface area contributed by atoms with Gasteiger partial charge in [-0.3, -0.25) is 4.79 Å². The van der Waals surface area contributed by atoms with Crippen molar-refractivity contribution in [1.29, 1.82) is 0 Å². The van der Waals surface area contributed by atoms with Gasteiger partial charge in [-0.15, -0.1) is 0 Å². The van der Waals surface area contributed by atoms with Crippen molar-refractivity contribution in [2.24, 2.45) is 5.92 Å². The third-order valence-electron chi connectivity index (χ3n) is 6.38. The van der Waals surface area contributed by atoms with Crippen LogP contribution in [-0.2, 0) is 11.2 Å². The molecule has 1 N–H and O–H groups in total. The number of carbonyl (C=O) groups is 1. The Bertz CT molecular complexity index is 665. The second kappa shape index (κ2) is 7.77. The molecule has 1 saturated carbocycles. The van der Waals surface area contributed by atoms with E-state index in [2.05, 4.69) is 28.0 Å². The Morgan fingerprint density at radius 3 is 2.73 bits per heavy atom. The molecule has 4 nitrogen and oxygen atoms in total. The third kappa shape index (κ3) is 3.86. The fourth-order valence-corrected chi connectivity index (χ4v) is 5.22. The fourth-order valence-electron chi connectivity index (χ4n) is 4.97. The summed E-state index contributed by atoms with van der Waals surface area (Å²) in [6.45, 7) is 2.54. The van der Waals surface area contributed by atoms with Crippen LogP contribution in [0.15, 0.2) is 18.2 Å². The maximum atomic E-state index is 12.1. The molecular formula is C21H29ClN2O2. The van der Waals surface area contributed by atoms with Gasteiger partial charge in [0.2, 0.25) is 5.91 Å². The minimum absolute atomic E-state index is 0.221. The van der Waals surface area contributed by atoms with Gasteiger partial charge in [0.05, 0.1) is 6.10 Å². The lowest BCUT2D eigenvalue weighted by Gasteiger charge is -2.35. The van der Waals surface area contributed by atoms with E-state index in [-0.39, 0.29) is 6.10 Å². The van der Waals surface area contributed by atoms with Gasteiger partial charge in [0.1, 0.15) is 0 Å². The number of benzene rings is 1. The van der Waals surface area contributed by atoms with Crippen LogP contribution >= 0.6 is 11.6 Å². The normalized spacial score (nSPS) is 29.6. The Balaban J connectivity index is 1.39. The average molecular weight is 377 g/mol. The molecule has 142 valence electrons. The smallest absolute Gasteiger partial charge is 0.222 e. The van der Waals surface area contributed by atoms with Gasteiger partial charge in [-0.25, -0.2) is 0 Å². The van der Waals surface area contributed by atoms with Crippen molar-refractivity contribution < 1.29 is 9.90 Å². The molecule has 26 heavy (non-hydrogen) atoms. The van der Waals surface area contributed by atoms with Crippen molar-refractivity contribution in [2.45, 2.75) is 63.5 Å². The number of rotatable bonds is 4. The van der Waals surface area contributed by atoms with Crippen LogP contribution in [0.4, 0.5) is 5.69 Å². The van der Waals surface area contributed by atoms with E-state index >= 15 is 0 Å². The summed E-state index contributed by atoms with van der Waals surface area (Å²) in [7, 11) is 0. The zero-order valence-electron chi connectivity index (χ0n) is 15.4. The Hall–Kier alpha value is -1.26. The number of aliphatic hydroxyl groups excluding tert-OH is 1. The second-order valence-electron chi connectivity index (χ2n) is 8.25. The van der Waals surface area contributed by atoms with Crippen LogP contribution in [0.5, 0.6) is 0 Å². The number of carbonyl (C=O) groups excluding carboxylic acids is 1. The number of anilines is 1. The highest BCUT2D eigenvalue weighted by atomic mass is 35.5. The lowest BCUT2D eigenvalue weighted by Crippen LogP contribution is -2.39. The summed E-state index contributed by atoms with van der Waals surface area (Å²) in [6.07, 6.45) is 8.08. The Kier molecular flexibility index (Phi) is 5.42. The molecule has 0 spiro atoms. The standard InChI is InChI=1S/C21H29ClN2O2/c22-20-13-17(23-10-8-19(25)14-23)7-6-16(20)11-15-3-1-4-18(12-15)24-9-2-5-21(24)26/h6-7,13,15,18-19,25H,1-5,8-12,14H2. The largest absolute Gasteiger partial charge is 0.391 e. The summed E-state index contributed by atoms with van der Waals surface area (Å²) in [5.41, 5.74) is 2.33. The third-order valence-corrected chi connectivity index (χ3v) is 6.73. The summed E-state index contributed by atoms with van der Waals surface area (Å²) in [5.74, 6) is 0.963. The summed E-state index contributed by atoms with van der Waals surface area (Å²) in [5, 5.41) is 10.6. The van der Waals surface area contributed by atoms with Gasteiger partial charge in [0.25, 0.3) is 0 Å². The number of amides is 1. The number of β-amino-alcohol motifs (C(OH)–C–C–N with tert-alkyl or cyclic N) is 1. The predicted molar refractivity (Wildman–Crippen MR) is 105 cm³/mol. The van der Waals surface area contributed by atoms with E-state index in [1.807, 2.05) is 0 Å². The van der Waals surface area contributed by atoms with Crippen LogP contribution in [0.2, 0.25) is 5.02 Å². The molecule has 1 aromatic rings. The highest BCUT2D eigenvalue weighted by Gasteiger charge is 2.32. The van der Waals surface area contributed by atoms with Crippen molar-refractivity contribution in [2.75, 3.05) is 24.5 Å². The van der Waals surface area contributed by atoms with Crippen molar-refractivity contribution in [3.05, 3.63) is 28.8 Å². The van der Waals surface area contributed by atoms with E-state index in [1.54, 1.807) is 0 Å². The lowest BCUT2D eigenvalue weighted by molar-refractivity contribution is -0.130. The van der Waals surface area contributed by atoms with Crippen molar-refractivity contribution in [3.8, 4) is 0 Å². The molecule has 4 rings (SSSR count). The Morgan fingerprint density at radius 1 is 1.15 bits per heavy atom. The van der Waals surface area contributed by atoms with Gasteiger partial charge in [0.15, 0.2) is 0 Å². The zero-order valence-corrected chi connectivity index (χ0v) is 16.1. The zero-order chi connectivity index (χ0) is 18.1. The van der Waals surface area contributed by atoms with E-state index in [1.165, 1.54) is 18.4 Å². The Morgan fingerprint density at radius 2 is 2.04 bits per heavy atom. The number of hydrogen-bond acceptors (Lipinski definition) is 3. The van der Waals surface area contributed by atoms with Crippen molar-refractivity contribution >= 4 is 23.2 Å². The minimum Gasteiger partial charge on any atom is -0.391 e. The molecule has 0 aromatic heterocycles. The molecule has 2 saturated heterocycles. The predicted octanol–water partition coefficient (Wildman–Crippen LogP) is 3.63. The van der Waals surface area contributed by atoms with Gasteiger partial charge >= 0.3 is 0 Å². The van der Waals surface area contributed by atoms with Gasteiger partial charge in [-0.1, -0.05) is 24.1 Å². The Labute approximate surface area is 161 Å². The van der Waals surface area contributed by atoms with Crippen LogP contribution in [0.3, 0.4) is 0 Å². The molecule has 1 aliphatic carbocycles. The van der Waals surface area contributed by atoms with Crippen LogP contribution in [-0.4, -0.2) is 47.7 Å². The van der Waals surface area contributed by atoms with Crippen molar-refractivity contribution in [3.63, 3.8) is 0 Å². The molecule has 3 unspecified atom stereocenters. The van der Waals surface area contributed by atoms with Gasteiger partial charge in [-0.2, -0.15) is 0 Å². The highest BCUT2D eigenvalue weighted by Crippen LogP contribution is 2.34. The molecule has 0 radical (unpaired) electrons. The van der Waals surface area contributed by atoms with E-state index in [0.29, 0.717) is 24.4 Å². The quantitative estimate of drug-likeness (QED) is 0.872. The topological polar surface area (TPSA) is 43.8 Å². The number of hydrogen-bond donors (Lipinski definition) is 1. The maximum absolute atomic E-state index is 12.1. The van der Waals surface area contributed by atoms with E-state index in [4.69, 9.17) is 11.6 Å². The lowest BCUT2D eigenvalue weighted by atomic mass is 9.81. The summed E-state index contributed by atoms with van der Waals surface area (Å²) >= 11 is 6.60. The first-order valence-corrected chi connectivity index (χ1v) is 10.5. The average Bonchev–Trinajstić information content (AvgIpc) is 3.25. The first-order chi connectivity index (χ1) is 12.6. The van der Waals surface area contributed by atoms with Crippen molar-refractivity contribution in [1.82, 2.24) is 4.90 Å². The molecule has 3 aliphatic rings. The second-order valence-corrected chi connectivity index (χ2v) is 8.65. The minimum atomic E-state index is -0.221. The molecule has 1 aromatic carbocycles. The molecular weight excluding hydrogens is 348 g/mol. The van der Waals surface area contributed by atoms with Crippen LogP contribution in [0.1, 0.15) is 50.5 Å². The molecule has 1 amide bonds. The van der Waals surface area contributed by atoms with Gasteiger partial charge in [0, 0.05) is 42.8 Å². The summed E-state index contributed by atoms with van der Waals surface area (Å²) < 4.78 is 0. The molecule has 3 atom stereocenters. The van der Waals surface area contributed by atoms with Gasteiger partial charge in [-0.05, 0) is 62.1 Å². The molecule has 2 aliphatic heterocycles. The van der Waals surface area contributed by atoms with Crippen LogP contribution in [0.25, 0.3) is 0 Å². The molecule has 2 heterocycles. The van der Waals surface area contributed by atoms with E-state index in [9.17, 15) is 9.90 Å². The molecule has 0 bridgehead atoms. The summed E-state index contributed by atoms with van der Waals surface area (Å²) in [6, 6.07) is 6.79. The molecule has 5 heteroatoms. The van der Waals surface area contributed by atoms with Gasteiger partial charge < -0.3 is 14.9 Å². The first-order valence-electron chi connectivity index (χ1n) is 10.1. The van der Waals surface area contributed by atoms with E-state index in [0.717, 1.165) is 62.3 Å². The number of likely N-dealkylation sites (tertiary alicyclic amines) is 1. The maximum Gasteiger partial charge on any atom is 0.222 e. The highest BCUT2D eigenvalue weighted by molar-refractivity contribution is 6.31. The SMILES string of the molecule is O=C1CCCN1C1CCCC(Cc2ccc(N3CCC(O)C3)cc2Cl)C1. The fraction of sp³-hybridized carbons (Fsp3) is 0.667. The van der Waals surface area contributed by atoms with Crippen LogP contribution in [0, 0.1) is 5.92 Å². The molecule has 3 fully saturated rings. The monoisotopic (exact) mass is 376 g/mol. The number of aliphatic hydroxyl groups is 1.